The third-order valence-corrected chi connectivity index (χ3v) is 6.04. The highest BCUT2D eigenvalue weighted by molar-refractivity contribution is 7.80. The normalized spacial score (nSPS) is 17.9. The molecule has 1 aliphatic rings. The zero-order valence-corrected chi connectivity index (χ0v) is 18.4. The molecule has 5 rings (SSSR count). The summed E-state index contributed by atoms with van der Waals surface area (Å²) in [5.74, 6) is 0.815. The number of ether oxygens (including phenoxy) is 1. The Kier molecular flexibility index (Phi) is 5.56. The van der Waals surface area contributed by atoms with Crippen LogP contribution in [0.25, 0.3) is 5.69 Å². The van der Waals surface area contributed by atoms with E-state index >= 15 is 0 Å². The molecule has 0 bridgehead atoms. The zero-order chi connectivity index (χ0) is 21.9. The molecule has 2 atom stereocenters. The molecular weight excluding hydrogens is 418 g/mol. The Labute approximate surface area is 192 Å². The molecule has 0 amide bonds. The van der Waals surface area contributed by atoms with E-state index in [4.69, 9.17) is 17.0 Å². The van der Waals surface area contributed by atoms with Gasteiger partial charge >= 0.3 is 0 Å². The van der Waals surface area contributed by atoms with Crippen LogP contribution < -0.4 is 10.1 Å². The Balaban J connectivity index is 1.60. The Morgan fingerprint density at radius 1 is 1.03 bits per heavy atom. The number of pyridine rings is 2. The van der Waals surface area contributed by atoms with Crippen LogP contribution in [0.4, 0.5) is 0 Å². The average Bonchev–Trinajstić information content (AvgIpc) is 3.45. The van der Waals surface area contributed by atoms with Gasteiger partial charge in [0.25, 0.3) is 0 Å². The highest BCUT2D eigenvalue weighted by atomic mass is 32.1. The number of rotatable bonds is 6. The van der Waals surface area contributed by atoms with Gasteiger partial charge < -0.3 is 19.5 Å². The standard InChI is InChI=1S/C25H23N5OS/c1-31-20-9-4-8-19(15-20)29-14-6-11-22(29)24-23(21-10-2-3-13-27-21)28-25(32)30(24)17-18-7-5-12-26-16-18/h2-16,23-24H,17H2,1H3,(H,28,32)/t23-,24-/m0/s1. The van der Waals surface area contributed by atoms with E-state index in [1.54, 1.807) is 13.3 Å². The molecule has 0 unspecified atom stereocenters. The smallest absolute Gasteiger partial charge is 0.170 e. The Morgan fingerprint density at radius 3 is 2.75 bits per heavy atom. The van der Waals surface area contributed by atoms with Crippen molar-refractivity contribution in [3.63, 3.8) is 0 Å². The molecule has 1 saturated heterocycles. The minimum Gasteiger partial charge on any atom is -0.497 e. The second kappa shape index (κ2) is 8.80. The predicted octanol–water partition coefficient (Wildman–Crippen LogP) is 4.45. The van der Waals surface area contributed by atoms with Crippen molar-refractivity contribution in [2.45, 2.75) is 18.6 Å². The average molecular weight is 442 g/mol. The van der Waals surface area contributed by atoms with E-state index in [0.29, 0.717) is 11.7 Å². The highest BCUT2D eigenvalue weighted by Gasteiger charge is 2.41. The van der Waals surface area contributed by atoms with Crippen LogP contribution >= 0.6 is 12.2 Å². The second-order valence-corrected chi connectivity index (χ2v) is 8.01. The summed E-state index contributed by atoms with van der Waals surface area (Å²) in [7, 11) is 1.68. The summed E-state index contributed by atoms with van der Waals surface area (Å²) in [6, 6.07) is 22.1. The van der Waals surface area contributed by atoms with Crippen LogP contribution in [0.1, 0.15) is 29.0 Å². The van der Waals surface area contributed by atoms with Gasteiger partial charge in [0, 0.05) is 48.8 Å². The minimum atomic E-state index is -0.0837. The number of thiocarbonyl (C=S) groups is 1. The van der Waals surface area contributed by atoms with Gasteiger partial charge in [-0.1, -0.05) is 18.2 Å². The van der Waals surface area contributed by atoms with Crippen LogP contribution in [0.5, 0.6) is 5.75 Å². The first-order chi connectivity index (χ1) is 15.7. The third kappa shape index (κ3) is 3.83. The van der Waals surface area contributed by atoms with E-state index in [9.17, 15) is 0 Å². The molecule has 4 aromatic rings. The van der Waals surface area contributed by atoms with Crippen molar-refractivity contribution >= 4 is 17.3 Å². The van der Waals surface area contributed by atoms with Crippen molar-refractivity contribution in [3.8, 4) is 11.4 Å². The van der Waals surface area contributed by atoms with E-state index in [1.165, 1.54) is 0 Å². The topological polar surface area (TPSA) is 55.2 Å². The van der Waals surface area contributed by atoms with E-state index in [1.807, 2.05) is 54.9 Å². The summed E-state index contributed by atoms with van der Waals surface area (Å²) in [6.07, 6.45) is 7.56. The lowest BCUT2D eigenvalue weighted by atomic mass is 10.0. The van der Waals surface area contributed by atoms with Crippen LogP contribution in [0.2, 0.25) is 0 Å². The summed E-state index contributed by atoms with van der Waals surface area (Å²) >= 11 is 5.80. The van der Waals surface area contributed by atoms with E-state index < -0.39 is 0 Å². The maximum Gasteiger partial charge on any atom is 0.170 e. The summed E-state index contributed by atoms with van der Waals surface area (Å²) in [5, 5.41) is 4.22. The molecule has 32 heavy (non-hydrogen) atoms. The number of nitrogens with zero attached hydrogens (tertiary/aromatic N) is 4. The Morgan fingerprint density at radius 2 is 1.97 bits per heavy atom. The van der Waals surface area contributed by atoms with Crippen LogP contribution in [0.15, 0.2) is 91.5 Å². The predicted molar refractivity (Wildman–Crippen MR) is 128 cm³/mol. The number of hydrogen-bond donors (Lipinski definition) is 1. The lowest BCUT2D eigenvalue weighted by Crippen LogP contribution is -2.30. The minimum absolute atomic E-state index is 0.0567. The van der Waals surface area contributed by atoms with Crippen molar-refractivity contribution in [2.75, 3.05) is 7.11 Å². The second-order valence-electron chi connectivity index (χ2n) is 7.62. The summed E-state index contributed by atoms with van der Waals surface area (Å²) in [4.78, 5) is 11.1. The van der Waals surface area contributed by atoms with Gasteiger partial charge in [0.2, 0.25) is 0 Å². The third-order valence-electron chi connectivity index (χ3n) is 5.69. The first-order valence-electron chi connectivity index (χ1n) is 10.4. The lowest BCUT2D eigenvalue weighted by molar-refractivity contribution is 0.302. The molecule has 3 aromatic heterocycles. The summed E-state index contributed by atoms with van der Waals surface area (Å²) in [5.41, 5.74) is 4.20. The molecule has 6 nitrogen and oxygen atoms in total. The van der Waals surface area contributed by atoms with Crippen molar-refractivity contribution < 1.29 is 4.74 Å². The fourth-order valence-electron chi connectivity index (χ4n) is 4.22. The molecule has 160 valence electrons. The molecule has 1 aromatic carbocycles. The highest BCUT2D eigenvalue weighted by Crippen LogP contribution is 2.40. The molecule has 4 heterocycles. The molecule has 0 spiro atoms. The lowest BCUT2D eigenvalue weighted by Gasteiger charge is -2.29. The molecule has 1 N–H and O–H groups in total. The SMILES string of the molecule is COc1cccc(-n2cccc2[C@H]2[C@H](c3ccccn3)NC(=S)N2Cc2cccnc2)c1. The first-order valence-corrected chi connectivity index (χ1v) is 10.8. The molecule has 0 saturated carbocycles. The molecule has 1 aliphatic heterocycles. The quantitative estimate of drug-likeness (QED) is 0.446. The molecule has 0 radical (unpaired) electrons. The number of nitrogens with one attached hydrogen (secondary N) is 1. The van der Waals surface area contributed by atoms with Gasteiger partial charge in [0.15, 0.2) is 5.11 Å². The maximum atomic E-state index is 5.80. The van der Waals surface area contributed by atoms with Gasteiger partial charge in [0.1, 0.15) is 5.75 Å². The van der Waals surface area contributed by atoms with Crippen molar-refractivity contribution in [1.82, 2.24) is 24.8 Å². The number of aromatic nitrogens is 3. The van der Waals surface area contributed by atoms with Gasteiger partial charge in [-0.05, 0) is 60.2 Å². The zero-order valence-electron chi connectivity index (χ0n) is 17.6. The van der Waals surface area contributed by atoms with E-state index in [0.717, 1.165) is 28.4 Å². The van der Waals surface area contributed by atoms with E-state index in [2.05, 4.69) is 55.2 Å². The number of benzene rings is 1. The fourth-order valence-corrected chi connectivity index (χ4v) is 4.52. The first kappa shape index (κ1) is 20.2. The van der Waals surface area contributed by atoms with Crippen LogP contribution in [-0.4, -0.2) is 31.7 Å². The number of hydrogen-bond acceptors (Lipinski definition) is 4. The van der Waals surface area contributed by atoms with Crippen LogP contribution in [-0.2, 0) is 6.54 Å². The summed E-state index contributed by atoms with van der Waals surface area (Å²) in [6.45, 7) is 0.650. The van der Waals surface area contributed by atoms with Gasteiger partial charge in [-0.25, -0.2) is 0 Å². The molecular formula is C25H23N5OS. The maximum absolute atomic E-state index is 5.80. The van der Waals surface area contributed by atoms with Crippen LogP contribution in [0, 0.1) is 0 Å². The van der Waals surface area contributed by atoms with Gasteiger partial charge in [-0.15, -0.1) is 0 Å². The van der Waals surface area contributed by atoms with Crippen molar-refractivity contribution in [2.24, 2.45) is 0 Å². The molecule has 1 fully saturated rings. The van der Waals surface area contributed by atoms with E-state index in [-0.39, 0.29) is 12.1 Å². The van der Waals surface area contributed by atoms with Crippen LogP contribution in [0.3, 0.4) is 0 Å². The summed E-state index contributed by atoms with van der Waals surface area (Å²) < 4.78 is 7.64. The van der Waals surface area contributed by atoms with Crippen molar-refractivity contribution in [1.29, 1.82) is 0 Å². The monoisotopic (exact) mass is 441 g/mol. The Bertz CT molecular complexity index is 1210. The van der Waals surface area contributed by atoms with Gasteiger partial charge in [-0.2, -0.15) is 0 Å². The number of methoxy groups -OCH3 is 1. The largest absolute Gasteiger partial charge is 0.497 e. The molecule has 0 aliphatic carbocycles. The van der Waals surface area contributed by atoms with Gasteiger partial charge in [-0.3, -0.25) is 9.97 Å². The molecule has 7 heteroatoms. The fraction of sp³-hybridized carbons (Fsp3) is 0.160. The van der Waals surface area contributed by atoms with Gasteiger partial charge in [0.05, 0.1) is 24.9 Å². The Hall–Kier alpha value is -3.71. The van der Waals surface area contributed by atoms with Crippen molar-refractivity contribution in [3.05, 3.63) is 108 Å².